The zero-order valence-corrected chi connectivity index (χ0v) is 19.7. The van der Waals surface area contributed by atoms with Crippen molar-refractivity contribution in [2.75, 3.05) is 23.7 Å². The van der Waals surface area contributed by atoms with Crippen LogP contribution in [0.5, 0.6) is 0 Å². The Morgan fingerprint density at radius 3 is 2.44 bits per heavy atom. The number of rotatable bonds is 8. The molecule has 0 aliphatic heterocycles. The first-order chi connectivity index (χ1) is 17.3. The van der Waals surface area contributed by atoms with Crippen LogP contribution in [0.3, 0.4) is 0 Å². The van der Waals surface area contributed by atoms with E-state index in [9.17, 15) is 8.78 Å². The van der Waals surface area contributed by atoms with E-state index in [1.54, 1.807) is 22.3 Å². The lowest BCUT2D eigenvalue weighted by Gasteiger charge is -2.25. The molecule has 0 aliphatic rings. The van der Waals surface area contributed by atoms with E-state index in [-0.39, 0.29) is 5.56 Å². The fraction of sp³-hybridized carbons (Fsp3) is 0.208. The Balaban J connectivity index is 1.21. The molecule has 0 saturated carbocycles. The summed E-state index contributed by atoms with van der Waals surface area (Å²) < 4.78 is 31.0. The molecule has 4 N–H and O–H groups in total. The van der Waals surface area contributed by atoms with E-state index in [0.29, 0.717) is 30.4 Å². The molecule has 0 amide bonds. The summed E-state index contributed by atoms with van der Waals surface area (Å²) in [5.74, 6) is -0.295. The highest BCUT2D eigenvalue weighted by Crippen LogP contribution is 2.28. The number of nitrogens with zero attached hydrogens (tertiary/aromatic N) is 7. The number of fused-ring (bicyclic) bond motifs is 1. The van der Waals surface area contributed by atoms with Crippen LogP contribution in [0, 0.1) is 11.6 Å². The van der Waals surface area contributed by atoms with Crippen molar-refractivity contribution < 1.29 is 8.78 Å². The van der Waals surface area contributed by atoms with Gasteiger partial charge in [-0.25, -0.2) is 28.2 Å². The average molecular weight is 491 g/mol. The Bertz CT molecular complexity index is 1510. The van der Waals surface area contributed by atoms with Gasteiger partial charge in [-0.1, -0.05) is 6.07 Å². The highest BCUT2D eigenvalue weighted by molar-refractivity contribution is 5.76. The molecule has 0 spiro atoms. The maximum Gasteiger partial charge on any atom is 0.222 e. The molecule has 0 aliphatic carbocycles. The van der Waals surface area contributed by atoms with Gasteiger partial charge in [0.05, 0.1) is 11.7 Å². The van der Waals surface area contributed by atoms with E-state index in [1.807, 2.05) is 25.5 Å². The maximum atomic E-state index is 14.2. The van der Waals surface area contributed by atoms with Crippen molar-refractivity contribution in [1.82, 2.24) is 34.3 Å². The van der Waals surface area contributed by atoms with Crippen LogP contribution >= 0.6 is 0 Å². The van der Waals surface area contributed by atoms with Crippen LogP contribution in [-0.4, -0.2) is 47.4 Å². The minimum atomic E-state index is -1.22. The fourth-order valence-corrected chi connectivity index (χ4v) is 3.90. The largest absolute Gasteiger partial charge is 0.366 e. The first-order valence-corrected chi connectivity index (χ1v) is 11.2. The quantitative estimate of drug-likeness (QED) is 0.284. The highest BCUT2D eigenvalue weighted by atomic mass is 19.1. The normalized spacial score (nSPS) is 13.0. The smallest absolute Gasteiger partial charge is 0.222 e. The third kappa shape index (κ3) is 4.58. The zero-order valence-electron chi connectivity index (χ0n) is 19.7. The minimum absolute atomic E-state index is 0.158. The summed E-state index contributed by atoms with van der Waals surface area (Å²) in [5.41, 5.74) is 8.60. The lowest BCUT2D eigenvalue weighted by Crippen LogP contribution is -2.35. The van der Waals surface area contributed by atoms with Crippen LogP contribution in [0.2, 0.25) is 0 Å². The number of halogens is 2. The zero-order chi connectivity index (χ0) is 25.3. The van der Waals surface area contributed by atoms with E-state index < -0.39 is 17.2 Å². The Morgan fingerprint density at radius 1 is 0.944 bits per heavy atom. The Labute approximate surface area is 205 Å². The van der Waals surface area contributed by atoms with Crippen molar-refractivity contribution in [3.63, 3.8) is 0 Å². The van der Waals surface area contributed by atoms with Gasteiger partial charge >= 0.3 is 0 Å². The number of aromatic nitrogens is 7. The summed E-state index contributed by atoms with van der Waals surface area (Å²) >= 11 is 0. The second kappa shape index (κ2) is 9.30. The van der Waals surface area contributed by atoms with Gasteiger partial charge in [-0.2, -0.15) is 10.2 Å². The monoisotopic (exact) mass is 490 g/mol. The summed E-state index contributed by atoms with van der Waals surface area (Å²) in [6.45, 7) is 2.68. The molecule has 184 valence electrons. The molecule has 0 unspecified atom stereocenters. The van der Waals surface area contributed by atoms with Gasteiger partial charge in [-0.05, 0) is 19.1 Å². The van der Waals surface area contributed by atoms with Gasteiger partial charge in [0, 0.05) is 73.2 Å². The van der Waals surface area contributed by atoms with Crippen molar-refractivity contribution >= 4 is 17.3 Å². The van der Waals surface area contributed by atoms with Gasteiger partial charge in [-0.3, -0.25) is 4.68 Å². The Morgan fingerprint density at radius 2 is 1.72 bits per heavy atom. The van der Waals surface area contributed by atoms with Crippen LogP contribution < -0.4 is 16.4 Å². The number of anilines is 2. The van der Waals surface area contributed by atoms with Crippen LogP contribution in [-0.2, 0) is 12.6 Å². The molecular formula is C24H24F2N10. The van der Waals surface area contributed by atoms with E-state index in [4.69, 9.17) is 5.73 Å². The number of hydrogen-bond acceptors (Lipinski definition) is 8. The summed E-state index contributed by atoms with van der Waals surface area (Å²) in [7, 11) is 1.87. The molecule has 0 bridgehead atoms. The van der Waals surface area contributed by atoms with Crippen molar-refractivity contribution in [3.8, 4) is 11.1 Å². The van der Waals surface area contributed by atoms with Gasteiger partial charge < -0.3 is 16.4 Å². The Kier molecular flexibility index (Phi) is 6.02. The fourth-order valence-electron chi connectivity index (χ4n) is 3.90. The van der Waals surface area contributed by atoms with Gasteiger partial charge in [0.25, 0.3) is 0 Å². The SMILES string of the molecule is Cn1cc(-c2cc3c(NCCNc4ncc([C@](C)(N)c5ccc(F)cc5F)cn4)ncnn3c2)cn1. The molecule has 5 aromatic rings. The van der Waals surface area contributed by atoms with Gasteiger partial charge in [-0.15, -0.1) is 0 Å². The highest BCUT2D eigenvalue weighted by Gasteiger charge is 2.28. The van der Waals surface area contributed by atoms with Gasteiger partial charge in [0.1, 0.15) is 23.5 Å². The Hall–Kier alpha value is -4.45. The molecule has 12 heteroatoms. The molecule has 0 radical (unpaired) electrons. The van der Waals surface area contributed by atoms with Crippen molar-refractivity contribution in [1.29, 1.82) is 0 Å². The third-order valence-corrected chi connectivity index (χ3v) is 5.89. The number of nitrogens with one attached hydrogen (secondary N) is 2. The van der Waals surface area contributed by atoms with E-state index in [2.05, 4.69) is 35.8 Å². The van der Waals surface area contributed by atoms with Crippen molar-refractivity contribution in [2.24, 2.45) is 12.8 Å². The lowest BCUT2D eigenvalue weighted by molar-refractivity contribution is 0.515. The van der Waals surface area contributed by atoms with Crippen LogP contribution in [0.15, 0.2) is 61.6 Å². The van der Waals surface area contributed by atoms with Crippen molar-refractivity contribution in [2.45, 2.75) is 12.5 Å². The molecule has 5 rings (SSSR count). The third-order valence-electron chi connectivity index (χ3n) is 5.89. The summed E-state index contributed by atoms with van der Waals surface area (Å²) in [5, 5.41) is 14.9. The molecule has 0 fully saturated rings. The first kappa shape index (κ1) is 23.3. The molecular weight excluding hydrogens is 466 g/mol. The minimum Gasteiger partial charge on any atom is -0.366 e. The molecule has 36 heavy (non-hydrogen) atoms. The standard InChI is InChI=1S/C24H24F2N10/c1-24(27,19-4-3-18(25)8-20(19)26)17-10-30-23(31-11-17)29-6-5-28-22-21-7-15(13-36(21)34-14-32-22)16-9-33-35(2)12-16/h3-4,7-14H,5-6,27H2,1-2H3,(H,28,32,34)(H,29,30,31)/t24-/m0/s1. The van der Waals surface area contributed by atoms with E-state index in [0.717, 1.165) is 22.7 Å². The maximum absolute atomic E-state index is 14.2. The number of nitrogens with two attached hydrogens (primary N) is 1. The summed E-state index contributed by atoms with van der Waals surface area (Å²) in [6, 6.07) is 5.31. The van der Waals surface area contributed by atoms with Crippen molar-refractivity contribution in [3.05, 3.63) is 84.3 Å². The molecule has 1 atom stereocenters. The van der Waals surface area contributed by atoms with Gasteiger partial charge in [0.2, 0.25) is 5.95 Å². The topological polar surface area (TPSA) is 124 Å². The second-order valence-electron chi connectivity index (χ2n) is 8.55. The predicted octanol–water partition coefficient (Wildman–Crippen LogP) is 2.94. The predicted molar refractivity (Wildman–Crippen MR) is 131 cm³/mol. The second-order valence-corrected chi connectivity index (χ2v) is 8.55. The molecule has 4 aromatic heterocycles. The van der Waals surface area contributed by atoms with Crippen LogP contribution in [0.25, 0.3) is 16.6 Å². The van der Waals surface area contributed by atoms with E-state index in [1.165, 1.54) is 30.9 Å². The van der Waals surface area contributed by atoms with Crippen LogP contribution in [0.4, 0.5) is 20.5 Å². The molecule has 1 aromatic carbocycles. The van der Waals surface area contributed by atoms with E-state index >= 15 is 0 Å². The summed E-state index contributed by atoms with van der Waals surface area (Å²) in [4.78, 5) is 12.9. The average Bonchev–Trinajstić information content (AvgIpc) is 3.48. The number of benzene rings is 1. The lowest BCUT2D eigenvalue weighted by atomic mass is 9.87. The molecule has 0 saturated heterocycles. The van der Waals surface area contributed by atoms with Crippen LogP contribution in [0.1, 0.15) is 18.1 Å². The molecule has 4 heterocycles. The number of aryl methyl sites for hydroxylation is 1. The number of hydrogen-bond donors (Lipinski definition) is 3. The first-order valence-electron chi connectivity index (χ1n) is 11.2. The van der Waals surface area contributed by atoms with Gasteiger partial charge in [0.15, 0.2) is 5.82 Å². The molecule has 10 nitrogen and oxygen atoms in total. The summed E-state index contributed by atoms with van der Waals surface area (Å²) in [6.07, 6.45) is 10.2.